The second-order valence-corrected chi connectivity index (χ2v) is 4.72. The Hall–Kier alpha value is -2.56. The molecule has 0 bridgehead atoms. The molecule has 3 aromatic carbocycles. The third kappa shape index (κ3) is 2.88. The zero-order valence-electron chi connectivity index (χ0n) is 11.2. The fraction of sp³-hybridized carbons (Fsp3) is 0.0588. The van der Waals surface area contributed by atoms with E-state index in [0.717, 1.165) is 0 Å². The Morgan fingerprint density at radius 3 is 2.23 bits per heavy atom. The van der Waals surface area contributed by atoms with Gasteiger partial charge in [-0.15, -0.1) is 13.2 Å². The molecule has 0 atom stereocenters. The fourth-order valence-corrected chi connectivity index (χ4v) is 2.40. The average Bonchev–Trinajstić information content (AvgIpc) is 2.45. The van der Waals surface area contributed by atoms with Crippen LogP contribution in [0.3, 0.4) is 0 Å². The van der Waals surface area contributed by atoms with Gasteiger partial charge in [-0.05, 0) is 34.7 Å². The lowest BCUT2D eigenvalue weighted by Gasteiger charge is -2.12. The molecular weight excluding hydrogens is 296 g/mol. The number of hydrogen-bond donors (Lipinski definition) is 0. The van der Waals surface area contributed by atoms with E-state index in [2.05, 4.69) is 4.74 Å². The van der Waals surface area contributed by atoms with Crippen molar-refractivity contribution in [3.05, 3.63) is 66.5 Å². The lowest BCUT2D eigenvalue weighted by Crippen LogP contribution is -2.17. The second-order valence-electron chi connectivity index (χ2n) is 4.72. The summed E-state index contributed by atoms with van der Waals surface area (Å²) in [6.45, 7) is 0. The Bertz CT molecular complexity index is 819. The molecule has 0 aromatic heterocycles. The molecule has 5 heteroatoms. The monoisotopic (exact) mass is 306 g/mol. The minimum atomic E-state index is -4.76. The smallest absolute Gasteiger partial charge is 0.406 e. The van der Waals surface area contributed by atoms with Crippen LogP contribution in [0.5, 0.6) is 5.75 Å². The molecule has 3 rings (SSSR count). The molecule has 0 saturated heterocycles. The summed E-state index contributed by atoms with van der Waals surface area (Å²) in [5, 5.41) is 1.05. The van der Waals surface area contributed by atoms with Crippen molar-refractivity contribution in [1.29, 1.82) is 0 Å². The Labute approximate surface area is 123 Å². The molecule has 3 aromatic rings. The van der Waals surface area contributed by atoms with E-state index in [1.807, 2.05) is 0 Å². The van der Waals surface area contributed by atoms with Gasteiger partial charge in [0.1, 0.15) is 11.6 Å². The quantitative estimate of drug-likeness (QED) is 0.564. The Morgan fingerprint density at radius 1 is 0.818 bits per heavy atom. The molecule has 0 aliphatic rings. The van der Waals surface area contributed by atoms with Crippen molar-refractivity contribution < 1.29 is 22.3 Å². The summed E-state index contributed by atoms with van der Waals surface area (Å²) < 4.78 is 54.9. The SMILES string of the molecule is Fc1cccc2cccc(-c3cccc(OC(F)(F)F)c3)c12. The van der Waals surface area contributed by atoms with E-state index in [1.165, 1.54) is 24.3 Å². The van der Waals surface area contributed by atoms with Crippen molar-refractivity contribution in [2.24, 2.45) is 0 Å². The maximum Gasteiger partial charge on any atom is 0.573 e. The van der Waals surface area contributed by atoms with Gasteiger partial charge < -0.3 is 4.74 Å². The van der Waals surface area contributed by atoms with Crippen LogP contribution in [-0.2, 0) is 0 Å². The first-order chi connectivity index (χ1) is 10.4. The number of ether oxygens (including phenoxy) is 1. The molecule has 0 aliphatic carbocycles. The molecule has 0 N–H and O–H groups in total. The van der Waals surface area contributed by atoms with E-state index in [9.17, 15) is 17.6 Å². The maximum atomic E-state index is 14.1. The molecule has 0 aliphatic heterocycles. The van der Waals surface area contributed by atoms with E-state index < -0.39 is 12.2 Å². The predicted molar refractivity (Wildman–Crippen MR) is 76.0 cm³/mol. The van der Waals surface area contributed by atoms with E-state index in [0.29, 0.717) is 21.9 Å². The molecule has 0 unspecified atom stereocenters. The van der Waals surface area contributed by atoms with Crippen LogP contribution in [0, 0.1) is 5.82 Å². The Morgan fingerprint density at radius 2 is 1.50 bits per heavy atom. The number of benzene rings is 3. The molecule has 0 heterocycles. The van der Waals surface area contributed by atoms with Crippen LogP contribution >= 0.6 is 0 Å². The van der Waals surface area contributed by atoms with Gasteiger partial charge in [0.05, 0.1) is 0 Å². The molecule has 1 nitrogen and oxygen atoms in total. The van der Waals surface area contributed by atoms with E-state index in [1.54, 1.807) is 36.4 Å². The largest absolute Gasteiger partial charge is 0.573 e. The second kappa shape index (κ2) is 5.33. The molecule has 0 radical (unpaired) electrons. The van der Waals surface area contributed by atoms with E-state index >= 15 is 0 Å². The minimum absolute atomic E-state index is 0.335. The first-order valence-electron chi connectivity index (χ1n) is 6.47. The van der Waals surface area contributed by atoms with Gasteiger partial charge in [-0.2, -0.15) is 0 Å². The van der Waals surface area contributed by atoms with Crippen LogP contribution < -0.4 is 4.74 Å². The van der Waals surface area contributed by atoms with E-state index in [4.69, 9.17) is 0 Å². The number of alkyl halides is 3. The summed E-state index contributed by atoms with van der Waals surface area (Å²) >= 11 is 0. The normalized spacial score (nSPS) is 11.6. The lowest BCUT2D eigenvalue weighted by molar-refractivity contribution is -0.274. The summed E-state index contributed by atoms with van der Waals surface area (Å²) in [6, 6.07) is 15.3. The van der Waals surface area contributed by atoms with Crippen molar-refractivity contribution in [3.8, 4) is 16.9 Å². The molecule has 22 heavy (non-hydrogen) atoms. The van der Waals surface area contributed by atoms with Gasteiger partial charge in [-0.25, -0.2) is 4.39 Å². The molecule has 0 saturated carbocycles. The highest BCUT2D eigenvalue weighted by atomic mass is 19.4. The molecular formula is C17H10F4O. The van der Waals surface area contributed by atoms with Gasteiger partial charge in [0, 0.05) is 5.39 Å². The highest BCUT2D eigenvalue weighted by Gasteiger charge is 2.31. The van der Waals surface area contributed by atoms with Crippen molar-refractivity contribution in [2.75, 3.05) is 0 Å². The number of hydrogen-bond acceptors (Lipinski definition) is 1. The highest BCUT2D eigenvalue weighted by Crippen LogP contribution is 2.33. The van der Waals surface area contributed by atoms with Crippen LogP contribution in [0.15, 0.2) is 60.7 Å². The minimum Gasteiger partial charge on any atom is -0.406 e. The molecule has 112 valence electrons. The van der Waals surface area contributed by atoms with Crippen LogP contribution in [-0.4, -0.2) is 6.36 Å². The summed E-state index contributed by atoms with van der Waals surface area (Å²) in [6.07, 6.45) is -4.76. The zero-order chi connectivity index (χ0) is 15.7. The highest BCUT2D eigenvalue weighted by molar-refractivity contribution is 5.97. The predicted octanol–water partition coefficient (Wildman–Crippen LogP) is 5.54. The van der Waals surface area contributed by atoms with Gasteiger partial charge in [0.2, 0.25) is 0 Å². The first kappa shape index (κ1) is 14.4. The topological polar surface area (TPSA) is 9.23 Å². The number of rotatable bonds is 2. The van der Waals surface area contributed by atoms with E-state index in [-0.39, 0.29) is 5.75 Å². The standard InChI is InChI=1S/C17H10F4O/c18-15-9-3-5-11-4-2-8-14(16(11)15)12-6-1-7-13(10-12)22-17(19,20)21/h1-10H. The maximum absolute atomic E-state index is 14.1. The van der Waals surface area contributed by atoms with Gasteiger partial charge in [0.25, 0.3) is 0 Å². The van der Waals surface area contributed by atoms with Crippen molar-refractivity contribution in [1.82, 2.24) is 0 Å². The van der Waals surface area contributed by atoms with Gasteiger partial charge in [-0.3, -0.25) is 0 Å². The molecule has 0 fully saturated rings. The van der Waals surface area contributed by atoms with Crippen LogP contribution in [0.2, 0.25) is 0 Å². The van der Waals surface area contributed by atoms with Crippen LogP contribution in [0.1, 0.15) is 0 Å². The van der Waals surface area contributed by atoms with Crippen molar-refractivity contribution in [3.63, 3.8) is 0 Å². The third-order valence-corrected chi connectivity index (χ3v) is 3.23. The Kier molecular flexibility index (Phi) is 3.48. The van der Waals surface area contributed by atoms with Crippen LogP contribution in [0.4, 0.5) is 17.6 Å². The van der Waals surface area contributed by atoms with Crippen molar-refractivity contribution in [2.45, 2.75) is 6.36 Å². The molecule has 0 amide bonds. The first-order valence-corrected chi connectivity index (χ1v) is 6.47. The van der Waals surface area contributed by atoms with Gasteiger partial charge >= 0.3 is 6.36 Å². The molecule has 0 spiro atoms. The number of halogens is 4. The lowest BCUT2D eigenvalue weighted by atomic mass is 9.98. The fourth-order valence-electron chi connectivity index (χ4n) is 2.40. The average molecular weight is 306 g/mol. The Balaban J connectivity index is 2.14. The summed E-state index contributed by atoms with van der Waals surface area (Å²) in [5.74, 6) is -0.756. The van der Waals surface area contributed by atoms with Crippen molar-refractivity contribution >= 4 is 10.8 Å². The summed E-state index contributed by atoms with van der Waals surface area (Å²) in [5.41, 5.74) is 0.973. The third-order valence-electron chi connectivity index (χ3n) is 3.23. The van der Waals surface area contributed by atoms with Gasteiger partial charge in [-0.1, -0.05) is 42.5 Å². The van der Waals surface area contributed by atoms with Crippen LogP contribution in [0.25, 0.3) is 21.9 Å². The van der Waals surface area contributed by atoms with Gasteiger partial charge in [0.15, 0.2) is 0 Å². The summed E-state index contributed by atoms with van der Waals surface area (Å²) in [7, 11) is 0. The summed E-state index contributed by atoms with van der Waals surface area (Å²) in [4.78, 5) is 0. The zero-order valence-corrected chi connectivity index (χ0v) is 11.2. The number of fused-ring (bicyclic) bond motifs is 1.